The van der Waals surface area contributed by atoms with Crippen molar-refractivity contribution < 1.29 is 8.78 Å². The second-order valence-electron chi connectivity index (χ2n) is 7.03. The normalized spacial score (nSPS) is 26.6. The molecule has 0 aromatic heterocycles. The van der Waals surface area contributed by atoms with Gasteiger partial charge in [0, 0.05) is 5.54 Å². The smallest absolute Gasteiger partial charge is 0.127 e. The molecule has 0 aliphatic heterocycles. The summed E-state index contributed by atoms with van der Waals surface area (Å²) < 4.78 is 27.7. The second kappa shape index (κ2) is 4.55. The molecular formula is C16H23F2N. The van der Waals surface area contributed by atoms with Gasteiger partial charge in [-0.1, -0.05) is 6.92 Å². The van der Waals surface area contributed by atoms with E-state index in [9.17, 15) is 8.78 Å². The molecular weight excluding hydrogens is 244 g/mol. The van der Waals surface area contributed by atoms with Gasteiger partial charge in [-0.2, -0.15) is 0 Å². The highest BCUT2D eigenvalue weighted by Gasteiger charge is 2.52. The van der Waals surface area contributed by atoms with Gasteiger partial charge in [-0.05, 0) is 75.3 Å². The third-order valence-corrected chi connectivity index (χ3v) is 4.15. The molecule has 1 saturated carbocycles. The van der Waals surface area contributed by atoms with E-state index in [0.29, 0.717) is 17.0 Å². The highest BCUT2D eigenvalue weighted by atomic mass is 19.1. The molecule has 0 amide bonds. The fourth-order valence-corrected chi connectivity index (χ4v) is 2.59. The maximum absolute atomic E-state index is 14.0. The Labute approximate surface area is 114 Å². The van der Waals surface area contributed by atoms with E-state index in [1.54, 1.807) is 6.92 Å². The Morgan fingerprint density at radius 3 is 2.47 bits per heavy atom. The van der Waals surface area contributed by atoms with Crippen LogP contribution in [0.5, 0.6) is 0 Å². The highest BCUT2D eigenvalue weighted by Crippen LogP contribution is 2.54. The van der Waals surface area contributed by atoms with E-state index < -0.39 is 0 Å². The third kappa shape index (κ3) is 2.97. The monoisotopic (exact) mass is 267 g/mol. The molecule has 1 fully saturated rings. The minimum Gasteiger partial charge on any atom is -0.312 e. The molecule has 2 unspecified atom stereocenters. The molecule has 3 heteroatoms. The number of nitrogens with one attached hydrogen (secondary N) is 1. The number of rotatable bonds is 3. The molecule has 0 bridgehead atoms. The fourth-order valence-electron chi connectivity index (χ4n) is 2.59. The average Bonchev–Trinajstić information content (AvgIpc) is 2.92. The van der Waals surface area contributed by atoms with Crippen LogP contribution in [-0.4, -0.2) is 12.1 Å². The molecule has 2 rings (SSSR count). The van der Waals surface area contributed by atoms with E-state index in [2.05, 4.69) is 26.1 Å². The van der Waals surface area contributed by atoms with E-state index >= 15 is 0 Å². The van der Waals surface area contributed by atoms with Gasteiger partial charge in [0.05, 0.1) is 0 Å². The largest absolute Gasteiger partial charge is 0.312 e. The molecule has 1 aromatic carbocycles. The zero-order valence-electron chi connectivity index (χ0n) is 12.4. The van der Waals surface area contributed by atoms with Crippen LogP contribution in [-0.2, 0) is 5.41 Å². The number of benzene rings is 1. The van der Waals surface area contributed by atoms with E-state index in [0.717, 1.165) is 13.0 Å². The lowest BCUT2D eigenvalue weighted by molar-refractivity contribution is 0.404. The predicted octanol–water partition coefficient (Wildman–Crippen LogP) is 3.94. The summed E-state index contributed by atoms with van der Waals surface area (Å²) in [6.45, 7) is 10.8. The molecule has 19 heavy (non-hydrogen) atoms. The summed E-state index contributed by atoms with van der Waals surface area (Å²) in [5, 5.41) is 3.44. The summed E-state index contributed by atoms with van der Waals surface area (Å²) in [6.07, 6.45) is 0.912. The van der Waals surface area contributed by atoms with Crippen LogP contribution in [0.4, 0.5) is 8.78 Å². The van der Waals surface area contributed by atoms with Crippen molar-refractivity contribution >= 4 is 0 Å². The third-order valence-electron chi connectivity index (χ3n) is 4.15. The minimum absolute atomic E-state index is 0.0561. The van der Waals surface area contributed by atoms with E-state index in [-0.39, 0.29) is 22.6 Å². The fraction of sp³-hybridized carbons (Fsp3) is 0.625. The molecule has 0 radical (unpaired) electrons. The Morgan fingerprint density at radius 2 is 1.89 bits per heavy atom. The van der Waals surface area contributed by atoms with Crippen molar-refractivity contribution in [1.29, 1.82) is 0 Å². The van der Waals surface area contributed by atoms with Crippen molar-refractivity contribution in [3.05, 3.63) is 34.9 Å². The molecule has 2 atom stereocenters. The molecule has 106 valence electrons. The summed E-state index contributed by atoms with van der Waals surface area (Å²) in [5.41, 5.74) is 0.725. The van der Waals surface area contributed by atoms with Gasteiger partial charge in [-0.3, -0.25) is 0 Å². The topological polar surface area (TPSA) is 12.0 Å². The molecule has 0 spiro atoms. The predicted molar refractivity (Wildman–Crippen MR) is 74.3 cm³/mol. The van der Waals surface area contributed by atoms with Gasteiger partial charge in [0.1, 0.15) is 11.6 Å². The molecule has 0 saturated heterocycles. The van der Waals surface area contributed by atoms with E-state index in [4.69, 9.17) is 0 Å². The van der Waals surface area contributed by atoms with Gasteiger partial charge in [-0.15, -0.1) is 0 Å². The molecule has 1 aliphatic rings. The summed E-state index contributed by atoms with van der Waals surface area (Å²) >= 11 is 0. The number of hydrogen-bond acceptors (Lipinski definition) is 1. The first-order valence-electron chi connectivity index (χ1n) is 6.84. The molecule has 1 aliphatic carbocycles. The first-order chi connectivity index (χ1) is 8.63. The lowest BCUT2D eigenvalue weighted by Gasteiger charge is -2.22. The molecule has 1 nitrogen and oxygen atoms in total. The maximum Gasteiger partial charge on any atom is 0.127 e. The van der Waals surface area contributed by atoms with Crippen LogP contribution in [0.15, 0.2) is 12.1 Å². The summed E-state index contributed by atoms with van der Waals surface area (Å²) in [7, 11) is 0. The van der Waals surface area contributed by atoms with Crippen LogP contribution < -0.4 is 5.32 Å². The lowest BCUT2D eigenvalue weighted by Crippen LogP contribution is -2.38. The summed E-state index contributed by atoms with van der Waals surface area (Å²) in [4.78, 5) is 0. The van der Waals surface area contributed by atoms with Crippen molar-refractivity contribution in [3.63, 3.8) is 0 Å². The van der Waals surface area contributed by atoms with Gasteiger partial charge >= 0.3 is 0 Å². The van der Waals surface area contributed by atoms with Crippen LogP contribution in [0.25, 0.3) is 0 Å². The van der Waals surface area contributed by atoms with Crippen LogP contribution in [0.2, 0.25) is 0 Å². The van der Waals surface area contributed by atoms with Gasteiger partial charge in [0.15, 0.2) is 0 Å². The van der Waals surface area contributed by atoms with Crippen LogP contribution >= 0.6 is 0 Å². The first-order valence-corrected chi connectivity index (χ1v) is 6.84. The van der Waals surface area contributed by atoms with Crippen molar-refractivity contribution in [3.8, 4) is 0 Å². The van der Waals surface area contributed by atoms with Crippen LogP contribution in [0.1, 0.15) is 45.2 Å². The van der Waals surface area contributed by atoms with Gasteiger partial charge in [0.2, 0.25) is 0 Å². The Morgan fingerprint density at radius 1 is 1.26 bits per heavy atom. The quantitative estimate of drug-likeness (QED) is 0.874. The van der Waals surface area contributed by atoms with Crippen LogP contribution in [0.3, 0.4) is 0 Å². The standard InChI is InChI=1S/C16H23F2N/c1-10-6-14(18)12(7-13(10)17)16(5)8-11(16)9-19-15(2,3)4/h6-7,11,19H,8-9H2,1-5H3. The molecule has 1 aromatic rings. The van der Waals surface area contributed by atoms with E-state index in [1.165, 1.54) is 12.1 Å². The molecule has 1 N–H and O–H groups in total. The van der Waals surface area contributed by atoms with Crippen LogP contribution in [0, 0.1) is 24.5 Å². The minimum atomic E-state index is -0.313. The zero-order valence-corrected chi connectivity index (χ0v) is 12.4. The molecule has 0 heterocycles. The number of hydrogen-bond donors (Lipinski definition) is 1. The van der Waals surface area contributed by atoms with Crippen molar-refractivity contribution in [2.24, 2.45) is 5.92 Å². The SMILES string of the molecule is Cc1cc(F)c(C2(C)CC2CNC(C)(C)C)cc1F. The zero-order chi connectivity index (χ0) is 14.4. The van der Waals surface area contributed by atoms with E-state index in [1.807, 2.05) is 6.92 Å². The summed E-state index contributed by atoms with van der Waals surface area (Å²) in [5.74, 6) is -0.213. The number of aryl methyl sites for hydroxylation is 1. The van der Waals surface area contributed by atoms with Gasteiger partial charge in [-0.25, -0.2) is 8.78 Å². The van der Waals surface area contributed by atoms with Gasteiger partial charge < -0.3 is 5.32 Å². The van der Waals surface area contributed by atoms with Crippen molar-refractivity contribution in [1.82, 2.24) is 5.32 Å². The van der Waals surface area contributed by atoms with Gasteiger partial charge in [0.25, 0.3) is 0 Å². The van der Waals surface area contributed by atoms with Crippen molar-refractivity contribution in [2.75, 3.05) is 6.54 Å². The second-order valence-corrected chi connectivity index (χ2v) is 7.03. The average molecular weight is 267 g/mol. The Balaban J connectivity index is 2.14. The Bertz CT molecular complexity index is 490. The maximum atomic E-state index is 14.0. The number of halogens is 2. The Hall–Kier alpha value is -0.960. The lowest BCUT2D eigenvalue weighted by atomic mass is 9.93. The highest BCUT2D eigenvalue weighted by molar-refractivity contribution is 5.37. The summed E-state index contributed by atoms with van der Waals surface area (Å²) in [6, 6.07) is 2.68. The Kier molecular flexibility index (Phi) is 3.46. The first kappa shape index (κ1) is 14.4. The van der Waals surface area contributed by atoms with Crippen molar-refractivity contribution in [2.45, 2.75) is 52.0 Å².